The summed E-state index contributed by atoms with van der Waals surface area (Å²) in [5.74, 6) is -0.890. The molecule has 2 atom stereocenters. The first-order valence-corrected chi connectivity index (χ1v) is 11.1. The summed E-state index contributed by atoms with van der Waals surface area (Å²) >= 11 is 0. The smallest absolute Gasteiger partial charge is 0.300 e. The number of carbonyl (C=O) groups excluding carboxylic acids is 2. The third kappa shape index (κ3) is 3.59. The Hall–Kier alpha value is -4.13. The van der Waals surface area contributed by atoms with Crippen molar-refractivity contribution in [3.05, 3.63) is 89.3 Å². The number of ether oxygens (including phenoxy) is 1. The van der Waals surface area contributed by atoms with Crippen molar-refractivity contribution in [1.29, 1.82) is 0 Å². The number of carbonyl (C=O) groups is 2. The summed E-state index contributed by atoms with van der Waals surface area (Å²) < 4.78 is 5.76. The number of nitrogens with zero attached hydrogens (tertiary/aromatic N) is 3. The average Bonchev–Trinajstić information content (AvgIpc) is 3.34. The van der Waals surface area contributed by atoms with Crippen LogP contribution in [-0.4, -0.2) is 42.0 Å². The van der Waals surface area contributed by atoms with E-state index in [0.717, 1.165) is 17.0 Å². The zero-order chi connectivity index (χ0) is 24.0. The Morgan fingerprint density at radius 1 is 1.09 bits per heavy atom. The number of aliphatic hydroxyl groups is 1. The van der Waals surface area contributed by atoms with Gasteiger partial charge >= 0.3 is 0 Å². The van der Waals surface area contributed by atoms with Crippen molar-refractivity contribution in [2.75, 3.05) is 23.9 Å². The summed E-state index contributed by atoms with van der Waals surface area (Å²) in [6.45, 7) is 1.98. The second-order valence-corrected chi connectivity index (χ2v) is 8.79. The van der Waals surface area contributed by atoms with Crippen molar-refractivity contribution in [2.24, 2.45) is 0 Å². The van der Waals surface area contributed by atoms with Gasteiger partial charge in [-0.3, -0.25) is 19.5 Å². The minimum atomic E-state index is -0.852. The topological polar surface area (TPSA) is 83.0 Å². The number of amides is 1. The number of fused-ring (bicyclic) bond motifs is 1. The third-order valence-corrected chi connectivity index (χ3v) is 6.23. The summed E-state index contributed by atoms with van der Waals surface area (Å²) in [5.41, 5.74) is 3.46. The molecule has 3 aromatic rings. The Labute approximate surface area is 197 Å². The van der Waals surface area contributed by atoms with Crippen molar-refractivity contribution in [3.8, 4) is 5.75 Å². The van der Waals surface area contributed by atoms with Crippen molar-refractivity contribution < 1.29 is 19.4 Å². The molecule has 0 aliphatic carbocycles. The molecular formula is C27H25N3O4. The van der Waals surface area contributed by atoms with Crippen LogP contribution in [0.3, 0.4) is 0 Å². The maximum absolute atomic E-state index is 13.3. The maximum atomic E-state index is 13.3. The van der Waals surface area contributed by atoms with Crippen LogP contribution in [0.2, 0.25) is 0 Å². The number of hydrogen-bond donors (Lipinski definition) is 1. The molecule has 0 bridgehead atoms. The van der Waals surface area contributed by atoms with E-state index < -0.39 is 17.7 Å². The molecular weight excluding hydrogens is 430 g/mol. The monoisotopic (exact) mass is 455 g/mol. The van der Waals surface area contributed by atoms with Crippen LogP contribution in [0.25, 0.3) is 5.76 Å². The third-order valence-electron chi connectivity index (χ3n) is 6.23. The minimum Gasteiger partial charge on any atom is -0.507 e. The van der Waals surface area contributed by atoms with Crippen molar-refractivity contribution in [3.63, 3.8) is 0 Å². The van der Waals surface area contributed by atoms with Gasteiger partial charge in [-0.1, -0.05) is 6.07 Å². The lowest BCUT2D eigenvalue weighted by Crippen LogP contribution is -2.29. The van der Waals surface area contributed by atoms with Crippen molar-refractivity contribution in [1.82, 2.24) is 4.98 Å². The number of Topliss-reactive ketones (excluding diaryl/α,β-unsaturated/α-hetero) is 1. The quantitative estimate of drug-likeness (QED) is 0.362. The normalized spacial score (nSPS) is 20.9. The molecule has 1 aromatic heterocycles. The Kier molecular flexibility index (Phi) is 5.32. The van der Waals surface area contributed by atoms with Gasteiger partial charge in [-0.25, -0.2) is 0 Å². The summed E-state index contributed by atoms with van der Waals surface area (Å²) in [4.78, 5) is 34.3. The predicted octanol–water partition coefficient (Wildman–Crippen LogP) is 4.10. The van der Waals surface area contributed by atoms with Gasteiger partial charge in [0.1, 0.15) is 23.7 Å². The Bertz CT molecular complexity index is 1300. The van der Waals surface area contributed by atoms with E-state index in [1.807, 2.05) is 44.1 Å². The summed E-state index contributed by atoms with van der Waals surface area (Å²) in [6.07, 6.45) is 2.38. The average molecular weight is 456 g/mol. The van der Waals surface area contributed by atoms with Gasteiger partial charge in [-0.05, 0) is 67.1 Å². The largest absolute Gasteiger partial charge is 0.507 e. The maximum Gasteiger partial charge on any atom is 0.300 e. The van der Waals surface area contributed by atoms with E-state index in [1.165, 1.54) is 4.90 Å². The van der Waals surface area contributed by atoms with Gasteiger partial charge < -0.3 is 14.7 Å². The van der Waals surface area contributed by atoms with Crippen molar-refractivity contribution >= 4 is 28.8 Å². The number of aliphatic hydroxyl groups excluding tert-OH is 1. The summed E-state index contributed by atoms with van der Waals surface area (Å²) in [6, 6.07) is 17.1. The number of hydrogen-bond acceptors (Lipinski definition) is 6. The fraction of sp³-hybridized carbons (Fsp3) is 0.222. The van der Waals surface area contributed by atoms with Gasteiger partial charge in [0.15, 0.2) is 0 Å². The number of rotatable bonds is 4. The number of aromatic nitrogens is 1. The molecule has 2 unspecified atom stereocenters. The van der Waals surface area contributed by atoms with E-state index in [2.05, 4.69) is 4.98 Å². The van der Waals surface area contributed by atoms with E-state index in [1.54, 1.807) is 48.7 Å². The molecule has 2 aliphatic rings. The molecule has 2 aliphatic heterocycles. The fourth-order valence-corrected chi connectivity index (χ4v) is 4.55. The van der Waals surface area contributed by atoms with Crippen LogP contribution in [0.1, 0.15) is 29.8 Å². The molecule has 3 heterocycles. The first-order chi connectivity index (χ1) is 16.3. The highest BCUT2D eigenvalue weighted by Gasteiger charge is 2.47. The number of benzene rings is 2. The number of ketones is 1. The predicted molar refractivity (Wildman–Crippen MR) is 130 cm³/mol. The zero-order valence-electron chi connectivity index (χ0n) is 19.2. The zero-order valence-corrected chi connectivity index (χ0v) is 19.2. The molecule has 1 N–H and O–H groups in total. The van der Waals surface area contributed by atoms with Crippen LogP contribution in [0.15, 0.2) is 72.4 Å². The SMILES string of the molecule is CC1Cc2cc(/C(O)=C3/C(=O)C(=O)N(c4ccc(N(C)C)cc4)C3c3ccccn3)ccc2O1. The second-order valence-electron chi connectivity index (χ2n) is 8.79. The van der Waals surface area contributed by atoms with Crippen LogP contribution in [-0.2, 0) is 16.0 Å². The van der Waals surface area contributed by atoms with Gasteiger partial charge in [-0.15, -0.1) is 0 Å². The Balaban J connectivity index is 1.65. The van der Waals surface area contributed by atoms with Gasteiger partial charge in [0.25, 0.3) is 11.7 Å². The number of pyridine rings is 1. The molecule has 0 spiro atoms. The summed E-state index contributed by atoms with van der Waals surface area (Å²) in [7, 11) is 3.86. The highest BCUT2D eigenvalue weighted by atomic mass is 16.5. The molecule has 34 heavy (non-hydrogen) atoms. The molecule has 7 nitrogen and oxygen atoms in total. The van der Waals surface area contributed by atoms with Crippen LogP contribution in [0, 0.1) is 0 Å². The molecule has 7 heteroatoms. The van der Waals surface area contributed by atoms with Gasteiger partial charge in [0.05, 0.1) is 11.3 Å². The van der Waals surface area contributed by atoms with Crippen LogP contribution in [0.4, 0.5) is 11.4 Å². The molecule has 172 valence electrons. The Morgan fingerprint density at radius 3 is 2.53 bits per heavy atom. The van der Waals surface area contributed by atoms with Crippen LogP contribution < -0.4 is 14.5 Å². The fourth-order valence-electron chi connectivity index (χ4n) is 4.55. The van der Waals surface area contributed by atoms with Gasteiger partial charge in [0.2, 0.25) is 0 Å². The van der Waals surface area contributed by atoms with Gasteiger partial charge in [0, 0.05) is 43.7 Å². The van der Waals surface area contributed by atoms with Gasteiger partial charge in [-0.2, -0.15) is 0 Å². The Morgan fingerprint density at radius 2 is 1.85 bits per heavy atom. The van der Waals surface area contributed by atoms with E-state index in [-0.39, 0.29) is 17.4 Å². The first-order valence-electron chi connectivity index (χ1n) is 11.1. The molecule has 1 saturated heterocycles. The highest BCUT2D eigenvalue weighted by molar-refractivity contribution is 6.51. The standard InChI is InChI=1S/C27H25N3O4/c1-16-14-18-15-17(7-12-22(18)34-16)25(31)23-24(21-6-4-5-13-28-21)30(27(33)26(23)32)20-10-8-19(9-11-20)29(2)3/h4-13,15-16,24,31H,14H2,1-3H3/b25-23-. The minimum absolute atomic E-state index is 0.0206. The highest BCUT2D eigenvalue weighted by Crippen LogP contribution is 2.42. The molecule has 2 aromatic carbocycles. The molecule has 1 fully saturated rings. The van der Waals surface area contributed by atoms with Crippen molar-refractivity contribution in [2.45, 2.75) is 25.5 Å². The van der Waals surface area contributed by atoms with E-state index in [9.17, 15) is 14.7 Å². The lowest BCUT2D eigenvalue weighted by molar-refractivity contribution is -0.132. The van der Waals surface area contributed by atoms with Crippen LogP contribution >= 0.6 is 0 Å². The molecule has 0 saturated carbocycles. The van der Waals surface area contributed by atoms with E-state index in [0.29, 0.717) is 23.4 Å². The molecule has 1 amide bonds. The van der Waals surface area contributed by atoms with Crippen LogP contribution in [0.5, 0.6) is 5.75 Å². The second kappa shape index (κ2) is 8.33. The molecule has 5 rings (SSSR count). The van der Waals surface area contributed by atoms with E-state index in [4.69, 9.17) is 4.74 Å². The summed E-state index contributed by atoms with van der Waals surface area (Å²) in [5, 5.41) is 11.3. The molecule has 0 radical (unpaired) electrons. The number of anilines is 2. The lowest BCUT2D eigenvalue weighted by atomic mass is 9.96. The van der Waals surface area contributed by atoms with E-state index >= 15 is 0 Å². The first kappa shape index (κ1) is 21.7. The lowest BCUT2D eigenvalue weighted by Gasteiger charge is -2.25.